The zero-order chi connectivity index (χ0) is 22.0. The number of aryl methyl sites for hydroxylation is 3. The predicted octanol–water partition coefficient (Wildman–Crippen LogP) is 3.03. The Bertz CT molecular complexity index is 1030. The van der Waals surface area contributed by atoms with Crippen molar-refractivity contribution < 1.29 is 23.9 Å². The van der Waals surface area contributed by atoms with Gasteiger partial charge in [-0.2, -0.15) is 0 Å². The second kappa shape index (κ2) is 8.79. The van der Waals surface area contributed by atoms with Crippen LogP contribution in [0.25, 0.3) is 0 Å². The summed E-state index contributed by atoms with van der Waals surface area (Å²) >= 11 is 0. The lowest BCUT2D eigenvalue weighted by molar-refractivity contribution is -0.151. The van der Waals surface area contributed by atoms with Crippen molar-refractivity contribution in [1.82, 2.24) is 0 Å². The number of rotatable bonds is 6. The lowest BCUT2D eigenvalue weighted by Gasteiger charge is -2.20. The van der Waals surface area contributed by atoms with Gasteiger partial charge in [0.15, 0.2) is 6.61 Å². The van der Waals surface area contributed by atoms with E-state index in [0.29, 0.717) is 17.1 Å². The molecule has 0 spiro atoms. The molecule has 1 aliphatic carbocycles. The molecule has 1 N–H and O–H groups in total. The summed E-state index contributed by atoms with van der Waals surface area (Å²) in [6.07, 6.45) is 3.27. The Morgan fingerprint density at radius 1 is 1.13 bits per heavy atom. The van der Waals surface area contributed by atoms with Crippen LogP contribution in [0.2, 0.25) is 0 Å². The summed E-state index contributed by atoms with van der Waals surface area (Å²) in [5.41, 5.74) is 4.90. The van der Waals surface area contributed by atoms with Gasteiger partial charge in [0.2, 0.25) is 5.91 Å². The maximum Gasteiger partial charge on any atom is 0.311 e. The number of benzene rings is 2. The molecule has 1 heterocycles. The van der Waals surface area contributed by atoms with Gasteiger partial charge in [-0.15, -0.1) is 0 Å². The van der Waals surface area contributed by atoms with Crippen LogP contribution >= 0.6 is 0 Å². The van der Waals surface area contributed by atoms with E-state index in [1.165, 1.54) is 11.1 Å². The molecule has 162 valence electrons. The summed E-state index contributed by atoms with van der Waals surface area (Å²) < 4.78 is 10.6. The molecule has 7 heteroatoms. The van der Waals surface area contributed by atoms with Crippen LogP contribution in [-0.4, -0.2) is 38.0 Å². The molecule has 2 aromatic rings. The van der Waals surface area contributed by atoms with Crippen LogP contribution in [0.4, 0.5) is 11.4 Å². The van der Waals surface area contributed by atoms with Crippen molar-refractivity contribution in [3.05, 3.63) is 53.1 Å². The first-order valence-corrected chi connectivity index (χ1v) is 10.5. The van der Waals surface area contributed by atoms with Crippen molar-refractivity contribution in [3.8, 4) is 5.75 Å². The second-order valence-corrected chi connectivity index (χ2v) is 8.07. The molecule has 7 nitrogen and oxygen atoms in total. The molecule has 1 fully saturated rings. The lowest BCUT2D eigenvalue weighted by Crippen LogP contribution is -2.28. The Morgan fingerprint density at radius 3 is 2.74 bits per heavy atom. The Labute approximate surface area is 181 Å². The van der Waals surface area contributed by atoms with Gasteiger partial charge in [-0.05, 0) is 67.1 Å². The van der Waals surface area contributed by atoms with Crippen molar-refractivity contribution in [2.45, 2.75) is 32.6 Å². The Morgan fingerprint density at radius 2 is 1.94 bits per heavy atom. The Hall–Kier alpha value is -3.35. The number of hydrogen-bond donors (Lipinski definition) is 1. The van der Waals surface area contributed by atoms with Crippen molar-refractivity contribution >= 4 is 29.2 Å². The highest BCUT2D eigenvalue weighted by Gasteiger charge is 2.37. The molecule has 31 heavy (non-hydrogen) atoms. The zero-order valence-electron chi connectivity index (χ0n) is 17.8. The molecule has 0 saturated carbocycles. The van der Waals surface area contributed by atoms with E-state index >= 15 is 0 Å². The first-order chi connectivity index (χ1) is 14.9. The quantitative estimate of drug-likeness (QED) is 0.724. The fraction of sp³-hybridized carbons (Fsp3) is 0.375. The van der Waals surface area contributed by atoms with E-state index in [4.69, 9.17) is 9.47 Å². The molecule has 2 aliphatic rings. The van der Waals surface area contributed by atoms with Gasteiger partial charge in [0.25, 0.3) is 5.91 Å². The molecule has 4 rings (SSSR count). The van der Waals surface area contributed by atoms with Crippen LogP contribution in [0, 0.1) is 12.8 Å². The van der Waals surface area contributed by atoms with Gasteiger partial charge < -0.3 is 19.7 Å². The molecule has 1 aliphatic heterocycles. The maximum absolute atomic E-state index is 12.5. The molecule has 0 aromatic heterocycles. The summed E-state index contributed by atoms with van der Waals surface area (Å²) in [4.78, 5) is 38.8. The number of nitrogens with zero attached hydrogens (tertiary/aromatic N) is 1. The van der Waals surface area contributed by atoms with Crippen molar-refractivity contribution in [1.29, 1.82) is 0 Å². The van der Waals surface area contributed by atoms with Crippen molar-refractivity contribution in [3.63, 3.8) is 0 Å². The average Bonchev–Trinajstić information content (AvgIpc) is 3.38. The molecule has 0 bridgehead atoms. The van der Waals surface area contributed by atoms with Gasteiger partial charge in [-0.25, -0.2) is 0 Å². The van der Waals surface area contributed by atoms with Crippen LogP contribution in [0.5, 0.6) is 5.75 Å². The molecule has 1 saturated heterocycles. The molecule has 0 unspecified atom stereocenters. The maximum atomic E-state index is 12.5. The number of fused-ring (bicyclic) bond motifs is 1. The number of esters is 1. The number of hydrogen-bond acceptors (Lipinski definition) is 5. The summed E-state index contributed by atoms with van der Waals surface area (Å²) in [6.45, 7) is 1.74. The minimum Gasteiger partial charge on any atom is -0.495 e. The normalized spacial score (nSPS) is 17.4. The first-order valence-electron chi connectivity index (χ1n) is 10.5. The van der Waals surface area contributed by atoms with Crippen molar-refractivity contribution in [2.75, 3.05) is 30.5 Å². The Kier molecular flexibility index (Phi) is 5.93. The van der Waals surface area contributed by atoms with Crippen LogP contribution < -0.4 is 15.0 Å². The van der Waals surface area contributed by atoms with E-state index in [1.807, 2.05) is 37.3 Å². The summed E-state index contributed by atoms with van der Waals surface area (Å²) in [7, 11) is 1.54. The van der Waals surface area contributed by atoms with Crippen LogP contribution in [0.15, 0.2) is 36.4 Å². The molecule has 1 atom stereocenters. The standard InChI is InChI=1S/C24H26N2O5/c1-15-6-9-21(30-2)20(10-15)26-13-18(12-23(26)28)24(29)31-14-22(27)25-19-8-7-16-4-3-5-17(16)11-19/h6-11,18H,3-5,12-14H2,1-2H3,(H,25,27)/t18-/m0/s1. The molecule has 2 amide bonds. The van der Waals surface area contributed by atoms with Gasteiger partial charge in [-0.3, -0.25) is 14.4 Å². The van der Waals surface area contributed by atoms with E-state index in [2.05, 4.69) is 5.32 Å². The largest absolute Gasteiger partial charge is 0.495 e. The molecule has 2 aromatic carbocycles. The van der Waals surface area contributed by atoms with E-state index in [-0.39, 0.29) is 25.5 Å². The van der Waals surface area contributed by atoms with Gasteiger partial charge in [0.05, 0.1) is 18.7 Å². The lowest BCUT2D eigenvalue weighted by atomic mass is 10.1. The highest BCUT2D eigenvalue weighted by Crippen LogP contribution is 2.34. The predicted molar refractivity (Wildman–Crippen MR) is 116 cm³/mol. The minimum atomic E-state index is -0.620. The van der Waals surface area contributed by atoms with E-state index < -0.39 is 17.8 Å². The number of carbonyl (C=O) groups is 3. The second-order valence-electron chi connectivity index (χ2n) is 8.07. The highest BCUT2D eigenvalue weighted by atomic mass is 16.5. The number of ether oxygens (including phenoxy) is 2. The fourth-order valence-electron chi connectivity index (χ4n) is 4.21. The monoisotopic (exact) mass is 422 g/mol. The third-order valence-corrected chi connectivity index (χ3v) is 5.81. The number of anilines is 2. The number of amides is 2. The van der Waals surface area contributed by atoms with Crippen LogP contribution in [0.1, 0.15) is 29.5 Å². The molecule has 0 radical (unpaired) electrons. The van der Waals surface area contributed by atoms with Gasteiger partial charge >= 0.3 is 5.97 Å². The van der Waals surface area contributed by atoms with E-state index in [9.17, 15) is 14.4 Å². The highest BCUT2D eigenvalue weighted by molar-refractivity contribution is 6.01. The van der Waals surface area contributed by atoms with E-state index in [0.717, 1.165) is 24.8 Å². The van der Waals surface area contributed by atoms with Crippen LogP contribution in [0.3, 0.4) is 0 Å². The topological polar surface area (TPSA) is 84.9 Å². The third kappa shape index (κ3) is 4.55. The Balaban J connectivity index is 1.32. The molecular formula is C24H26N2O5. The summed E-state index contributed by atoms with van der Waals surface area (Å²) in [5, 5.41) is 2.77. The fourth-order valence-corrected chi connectivity index (χ4v) is 4.21. The third-order valence-electron chi connectivity index (χ3n) is 5.81. The van der Waals surface area contributed by atoms with Gasteiger partial charge in [-0.1, -0.05) is 12.1 Å². The smallest absolute Gasteiger partial charge is 0.311 e. The minimum absolute atomic E-state index is 0.0440. The SMILES string of the molecule is COc1ccc(C)cc1N1C[C@@H](C(=O)OCC(=O)Nc2ccc3c(c2)CCC3)CC1=O. The van der Waals surface area contributed by atoms with Gasteiger partial charge in [0.1, 0.15) is 5.75 Å². The number of carbonyl (C=O) groups excluding carboxylic acids is 3. The first kappa shape index (κ1) is 20.9. The summed E-state index contributed by atoms with van der Waals surface area (Å²) in [5.74, 6) is -1.17. The number of nitrogens with one attached hydrogen (secondary N) is 1. The van der Waals surface area contributed by atoms with Crippen LogP contribution in [-0.2, 0) is 32.0 Å². The molecular weight excluding hydrogens is 396 g/mol. The van der Waals surface area contributed by atoms with Gasteiger partial charge in [0, 0.05) is 18.7 Å². The number of methoxy groups -OCH3 is 1. The zero-order valence-corrected chi connectivity index (χ0v) is 17.8. The average molecular weight is 422 g/mol. The van der Waals surface area contributed by atoms with E-state index in [1.54, 1.807) is 18.1 Å². The van der Waals surface area contributed by atoms with Crippen molar-refractivity contribution in [2.24, 2.45) is 5.92 Å². The summed E-state index contributed by atoms with van der Waals surface area (Å²) in [6, 6.07) is 11.4.